The molecule has 0 aromatic carbocycles. The van der Waals surface area contributed by atoms with E-state index in [9.17, 15) is 4.79 Å². The van der Waals surface area contributed by atoms with Crippen LogP contribution in [0.4, 0.5) is 0 Å². The third-order valence-corrected chi connectivity index (χ3v) is 2.66. The van der Waals surface area contributed by atoms with Crippen molar-refractivity contribution in [3.63, 3.8) is 0 Å². The van der Waals surface area contributed by atoms with Gasteiger partial charge in [-0.3, -0.25) is 4.79 Å². The number of aryl methyl sites for hydroxylation is 1. The maximum absolute atomic E-state index is 12.3. The Hall–Kier alpha value is -2.05. The summed E-state index contributed by atoms with van der Waals surface area (Å²) in [4.78, 5) is 17.9. The summed E-state index contributed by atoms with van der Waals surface area (Å²) >= 11 is 0. The van der Waals surface area contributed by atoms with Gasteiger partial charge in [0.05, 0.1) is 12.5 Å². The van der Waals surface area contributed by atoms with Gasteiger partial charge in [-0.05, 0) is 13.8 Å². The molecule has 0 atom stereocenters. The van der Waals surface area contributed by atoms with Gasteiger partial charge in [0.1, 0.15) is 11.5 Å². The minimum atomic E-state index is -0.115. The van der Waals surface area contributed by atoms with E-state index >= 15 is 0 Å². The second kappa shape index (κ2) is 6.04. The Balaban J connectivity index is 2.80. The van der Waals surface area contributed by atoms with Gasteiger partial charge < -0.3 is 20.4 Å². The lowest BCUT2D eigenvalue weighted by atomic mass is 10.2. The van der Waals surface area contributed by atoms with E-state index in [-0.39, 0.29) is 17.8 Å². The zero-order chi connectivity index (χ0) is 13.7. The van der Waals surface area contributed by atoms with E-state index < -0.39 is 0 Å². The number of amides is 1. The van der Waals surface area contributed by atoms with Crippen LogP contribution in [0.25, 0.3) is 0 Å². The molecule has 0 saturated carbocycles. The first-order valence-corrected chi connectivity index (χ1v) is 5.71. The number of carbonyl (C=O) groups excluding carboxylic acids is 1. The van der Waals surface area contributed by atoms with Crippen LogP contribution in [0.1, 0.15) is 30.8 Å². The largest absolute Gasteiger partial charge is 0.409 e. The molecule has 0 aliphatic carbocycles. The lowest BCUT2D eigenvalue weighted by Crippen LogP contribution is -2.39. The predicted octanol–water partition coefficient (Wildman–Crippen LogP) is 0.407. The van der Waals surface area contributed by atoms with Gasteiger partial charge in [0.15, 0.2) is 0 Å². The van der Waals surface area contributed by atoms with Crippen LogP contribution < -0.4 is 5.73 Å². The molecule has 0 spiro atoms. The lowest BCUT2D eigenvalue weighted by Gasteiger charge is -2.26. The molecule has 1 aromatic rings. The monoisotopic (exact) mass is 253 g/mol. The molecule has 1 heterocycles. The highest BCUT2D eigenvalue weighted by molar-refractivity contribution is 5.93. The molecule has 3 N–H and O–H groups in total. The van der Waals surface area contributed by atoms with Crippen molar-refractivity contribution >= 4 is 11.7 Å². The summed E-state index contributed by atoms with van der Waals surface area (Å²) in [5.74, 6) is -0.00537. The number of hydrogen-bond donors (Lipinski definition) is 2. The van der Waals surface area contributed by atoms with Crippen LogP contribution in [0.3, 0.4) is 0 Å². The van der Waals surface area contributed by atoms with E-state index in [1.807, 2.05) is 13.8 Å². The molecule has 0 aliphatic rings. The number of aromatic nitrogens is 2. The summed E-state index contributed by atoms with van der Waals surface area (Å²) in [6, 6.07) is 0.0268. The first kappa shape index (κ1) is 14.0. The highest BCUT2D eigenvalue weighted by Crippen LogP contribution is 2.08. The van der Waals surface area contributed by atoms with Crippen molar-refractivity contribution < 1.29 is 10.0 Å². The SMILES string of the molecule is CC(C)N(CCC(N)=NO)C(=O)c1cncn1C. The molecule has 18 heavy (non-hydrogen) atoms. The Morgan fingerprint density at radius 2 is 2.33 bits per heavy atom. The van der Waals surface area contributed by atoms with E-state index in [0.29, 0.717) is 18.7 Å². The van der Waals surface area contributed by atoms with E-state index in [4.69, 9.17) is 10.9 Å². The Kier molecular flexibility index (Phi) is 4.70. The molecular formula is C11H19N5O2. The molecule has 0 saturated heterocycles. The number of nitrogens with two attached hydrogens (primary N) is 1. The van der Waals surface area contributed by atoms with Crippen LogP contribution in [0.15, 0.2) is 17.7 Å². The number of oxime groups is 1. The Bertz CT molecular complexity index is 438. The fourth-order valence-electron chi connectivity index (χ4n) is 1.59. The summed E-state index contributed by atoms with van der Waals surface area (Å²) in [6.45, 7) is 4.23. The van der Waals surface area contributed by atoms with Crippen LogP contribution in [-0.2, 0) is 7.05 Å². The second-order valence-corrected chi connectivity index (χ2v) is 4.32. The van der Waals surface area contributed by atoms with E-state index in [2.05, 4.69) is 10.1 Å². The Morgan fingerprint density at radius 3 is 2.78 bits per heavy atom. The van der Waals surface area contributed by atoms with Crippen molar-refractivity contribution in [1.29, 1.82) is 0 Å². The molecule has 1 amide bonds. The molecule has 1 rings (SSSR count). The summed E-state index contributed by atoms with van der Waals surface area (Å²) in [7, 11) is 1.77. The molecular weight excluding hydrogens is 234 g/mol. The van der Waals surface area contributed by atoms with Crippen LogP contribution >= 0.6 is 0 Å². The minimum Gasteiger partial charge on any atom is -0.409 e. The van der Waals surface area contributed by atoms with Gasteiger partial charge in [-0.15, -0.1) is 0 Å². The quantitative estimate of drug-likeness (QED) is 0.344. The van der Waals surface area contributed by atoms with Gasteiger partial charge in [0.25, 0.3) is 5.91 Å². The summed E-state index contributed by atoms with van der Waals surface area (Å²) in [6.07, 6.45) is 3.44. The molecule has 0 aliphatic heterocycles. The van der Waals surface area contributed by atoms with Gasteiger partial charge >= 0.3 is 0 Å². The molecule has 0 bridgehead atoms. The predicted molar refractivity (Wildman–Crippen MR) is 67.4 cm³/mol. The number of rotatable bonds is 5. The van der Waals surface area contributed by atoms with Crippen molar-refractivity contribution in [2.45, 2.75) is 26.3 Å². The second-order valence-electron chi connectivity index (χ2n) is 4.32. The van der Waals surface area contributed by atoms with Crippen molar-refractivity contribution in [2.24, 2.45) is 17.9 Å². The van der Waals surface area contributed by atoms with Crippen LogP contribution in [0.5, 0.6) is 0 Å². The lowest BCUT2D eigenvalue weighted by molar-refractivity contribution is 0.0701. The number of carbonyl (C=O) groups is 1. The van der Waals surface area contributed by atoms with Gasteiger partial charge in [-0.25, -0.2) is 4.98 Å². The van der Waals surface area contributed by atoms with Gasteiger partial charge in [0.2, 0.25) is 0 Å². The molecule has 7 heteroatoms. The number of nitrogens with zero attached hydrogens (tertiary/aromatic N) is 4. The summed E-state index contributed by atoms with van der Waals surface area (Å²) < 4.78 is 1.67. The molecule has 0 unspecified atom stereocenters. The fourth-order valence-corrected chi connectivity index (χ4v) is 1.59. The number of hydrogen-bond acceptors (Lipinski definition) is 4. The minimum absolute atomic E-state index is 0.0268. The van der Waals surface area contributed by atoms with Crippen molar-refractivity contribution in [2.75, 3.05) is 6.54 Å². The summed E-state index contributed by atoms with van der Waals surface area (Å²) in [5.41, 5.74) is 5.93. The number of imidazole rings is 1. The van der Waals surface area contributed by atoms with Gasteiger partial charge in [-0.1, -0.05) is 5.16 Å². The van der Waals surface area contributed by atoms with E-state index in [1.165, 1.54) is 6.20 Å². The first-order chi connectivity index (χ1) is 8.47. The third kappa shape index (κ3) is 3.22. The molecule has 100 valence electrons. The normalized spacial score (nSPS) is 11.9. The van der Waals surface area contributed by atoms with Crippen LogP contribution in [0, 0.1) is 0 Å². The first-order valence-electron chi connectivity index (χ1n) is 5.71. The maximum atomic E-state index is 12.3. The smallest absolute Gasteiger partial charge is 0.272 e. The Morgan fingerprint density at radius 1 is 1.67 bits per heavy atom. The average molecular weight is 253 g/mol. The summed E-state index contributed by atoms with van der Waals surface area (Å²) in [5, 5.41) is 11.4. The molecule has 1 aromatic heterocycles. The zero-order valence-electron chi connectivity index (χ0n) is 10.9. The fraction of sp³-hybridized carbons (Fsp3) is 0.545. The molecule has 0 radical (unpaired) electrons. The number of amidine groups is 1. The standard InChI is InChI=1S/C11H19N5O2/c1-8(2)16(5-4-10(12)14-18)11(17)9-6-13-7-15(9)3/h6-8,18H,4-5H2,1-3H3,(H2,12,14). The van der Waals surface area contributed by atoms with E-state index in [1.54, 1.807) is 22.8 Å². The highest BCUT2D eigenvalue weighted by Gasteiger charge is 2.21. The molecule has 7 nitrogen and oxygen atoms in total. The highest BCUT2D eigenvalue weighted by atomic mass is 16.4. The van der Waals surface area contributed by atoms with Crippen molar-refractivity contribution in [3.8, 4) is 0 Å². The van der Waals surface area contributed by atoms with Gasteiger partial charge in [0, 0.05) is 26.1 Å². The average Bonchev–Trinajstić information content (AvgIpc) is 2.74. The van der Waals surface area contributed by atoms with Crippen molar-refractivity contribution in [1.82, 2.24) is 14.5 Å². The maximum Gasteiger partial charge on any atom is 0.272 e. The van der Waals surface area contributed by atoms with E-state index in [0.717, 1.165) is 0 Å². The van der Waals surface area contributed by atoms with Crippen molar-refractivity contribution in [3.05, 3.63) is 18.2 Å². The van der Waals surface area contributed by atoms with Crippen LogP contribution in [0.2, 0.25) is 0 Å². The molecule has 0 fully saturated rings. The van der Waals surface area contributed by atoms with Gasteiger partial charge in [-0.2, -0.15) is 0 Å². The van der Waals surface area contributed by atoms with Crippen LogP contribution in [-0.4, -0.2) is 44.0 Å². The Labute approximate surface area is 106 Å². The zero-order valence-corrected chi connectivity index (χ0v) is 10.9. The third-order valence-electron chi connectivity index (χ3n) is 2.66. The topological polar surface area (TPSA) is 96.7 Å².